The van der Waals surface area contributed by atoms with Crippen molar-refractivity contribution in [2.24, 2.45) is 0 Å². The van der Waals surface area contributed by atoms with Crippen LogP contribution >= 0.6 is 0 Å². The maximum atomic E-state index is 12.5. The van der Waals surface area contributed by atoms with Crippen molar-refractivity contribution in [3.63, 3.8) is 0 Å². The Morgan fingerprint density at radius 1 is 0.686 bits per heavy atom. The molecule has 0 aliphatic rings. The smallest absolute Gasteiger partial charge is 0.336 e. The second-order valence-electron chi connectivity index (χ2n) is 8.70. The molecule has 0 saturated heterocycles. The highest BCUT2D eigenvalue weighted by molar-refractivity contribution is 5.98. The fraction of sp³-hybridized carbons (Fsp3) is 0.129. The summed E-state index contributed by atoms with van der Waals surface area (Å²) >= 11 is 0. The van der Waals surface area contributed by atoms with Crippen molar-refractivity contribution in [3.05, 3.63) is 130 Å². The van der Waals surface area contributed by atoms with E-state index in [0.29, 0.717) is 30.3 Å². The third-order valence-electron chi connectivity index (χ3n) is 5.83. The summed E-state index contributed by atoms with van der Waals surface area (Å²) < 4.78 is 18.1. The molecule has 0 aliphatic carbocycles. The molecule has 0 aliphatic heterocycles. The van der Waals surface area contributed by atoms with E-state index in [-0.39, 0.29) is 0 Å². The molecule has 4 heteroatoms. The van der Waals surface area contributed by atoms with Crippen molar-refractivity contribution in [2.75, 3.05) is 0 Å². The van der Waals surface area contributed by atoms with Crippen LogP contribution in [0.4, 0.5) is 0 Å². The van der Waals surface area contributed by atoms with Crippen LogP contribution in [-0.2, 0) is 13.2 Å². The predicted octanol–water partition coefficient (Wildman–Crippen LogP) is 7.23. The first-order valence-corrected chi connectivity index (χ1v) is 11.6. The molecule has 0 bridgehead atoms. The van der Waals surface area contributed by atoms with E-state index in [9.17, 15) is 4.79 Å². The molecule has 0 amide bonds. The molecule has 0 radical (unpaired) electrons. The van der Waals surface area contributed by atoms with E-state index >= 15 is 0 Å². The molecule has 0 atom stereocenters. The van der Waals surface area contributed by atoms with Crippen LogP contribution in [0.2, 0.25) is 0 Å². The number of fused-ring (bicyclic) bond motifs is 1. The van der Waals surface area contributed by atoms with Crippen LogP contribution in [0, 0.1) is 13.8 Å². The molecule has 5 rings (SSSR count). The van der Waals surface area contributed by atoms with Gasteiger partial charge in [-0.15, -0.1) is 0 Å². The van der Waals surface area contributed by atoms with Gasteiger partial charge in [-0.3, -0.25) is 0 Å². The first-order valence-electron chi connectivity index (χ1n) is 11.6. The fourth-order valence-electron chi connectivity index (χ4n) is 4.21. The number of aryl methyl sites for hydroxylation is 2. The third-order valence-corrected chi connectivity index (χ3v) is 5.83. The second kappa shape index (κ2) is 9.90. The Morgan fingerprint density at radius 2 is 1.34 bits per heavy atom. The van der Waals surface area contributed by atoms with Crippen LogP contribution in [0.3, 0.4) is 0 Å². The average molecular weight is 463 g/mol. The third kappa shape index (κ3) is 5.28. The van der Waals surface area contributed by atoms with Crippen LogP contribution in [0.15, 0.2) is 106 Å². The van der Waals surface area contributed by atoms with Gasteiger partial charge in [-0.25, -0.2) is 4.79 Å². The van der Waals surface area contributed by atoms with Crippen molar-refractivity contribution in [2.45, 2.75) is 27.1 Å². The Hall–Kier alpha value is -4.31. The second-order valence-corrected chi connectivity index (χ2v) is 8.70. The van der Waals surface area contributed by atoms with Crippen LogP contribution in [-0.4, -0.2) is 0 Å². The molecular formula is C31H26O4. The largest absolute Gasteiger partial charge is 0.489 e. The van der Waals surface area contributed by atoms with E-state index in [1.165, 1.54) is 17.2 Å². The zero-order valence-electron chi connectivity index (χ0n) is 19.8. The van der Waals surface area contributed by atoms with E-state index in [1.54, 1.807) is 6.07 Å². The summed E-state index contributed by atoms with van der Waals surface area (Å²) in [5.41, 5.74) is 6.15. The van der Waals surface area contributed by atoms with Crippen LogP contribution in [0.5, 0.6) is 11.5 Å². The lowest BCUT2D eigenvalue weighted by Gasteiger charge is -2.15. The number of benzene rings is 4. The van der Waals surface area contributed by atoms with Gasteiger partial charge in [-0.1, -0.05) is 90.0 Å². The van der Waals surface area contributed by atoms with Gasteiger partial charge in [0.1, 0.15) is 30.3 Å². The summed E-state index contributed by atoms with van der Waals surface area (Å²) in [5, 5.41) is 0.742. The normalized spacial score (nSPS) is 10.9. The highest BCUT2D eigenvalue weighted by Crippen LogP contribution is 2.38. The molecule has 0 unspecified atom stereocenters. The van der Waals surface area contributed by atoms with Crippen LogP contribution in [0.1, 0.15) is 22.3 Å². The van der Waals surface area contributed by atoms with Gasteiger partial charge in [0.2, 0.25) is 0 Å². The maximum Gasteiger partial charge on any atom is 0.336 e. The fourth-order valence-corrected chi connectivity index (χ4v) is 4.21. The maximum absolute atomic E-state index is 12.5. The molecule has 0 fully saturated rings. The Bertz CT molecular complexity index is 1530. The first kappa shape index (κ1) is 22.5. The average Bonchev–Trinajstić information content (AvgIpc) is 2.86. The van der Waals surface area contributed by atoms with E-state index < -0.39 is 5.63 Å². The predicted molar refractivity (Wildman–Crippen MR) is 139 cm³/mol. The topological polar surface area (TPSA) is 48.7 Å². The summed E-state index contributed by atoms with van der Waals surface area (Å²) in [6.07, 6.45) is 0. The number of rotatable bonds is 7. The van der Waals surface area contributed by atoms with Crippen molar-refractivity contribution in [3.8, 4) is 22.6 Å². The van der Waals surface area contributed by atoms with Crippen molar-refractivity contribution in [1.82, 2.24) is 0 Å². The quantitative estimate of drug-likeness (QED) is 0.239. The first-order chi connectivity index (χ1) is 17.0. The van der Waals surface area contributed by atoms with Gasteiger partial charge in [0, 0.05) is 23.8 Å². The molecule has 0 saturated carbocycles. The summed E-state index contributed by atoms with van der Waals surface area (Å²) in [4.78, 5) is 12.5. The molecule has 4 nitrogen and oxygen atoms in total. The Labute approximate surface area is 204 Å². The van der Waals surface area contributed by atoms with Gasteiger partial charge >= 0.3 is 5.63 Å². The van der Waals surface area contributed by atoms with Crippen molar-refractivity contribution < 1.29 is 13.9 Å². The van der Waals surface area contributed by atoms with Gasteiger partial charge in [-0.05, 0) is 30.5 Å². The molecule has 5 aromatic rings. The van der Waals surface area contributed by atoms with Crippen molar-refractivity contribution >= 4 is 11.0 Å². The van der Waals surface area contributed by atoms with E-state index in [0.717, 1.165) is 27.6 Å². The molecule has 1 heterocycles. The van der Waals surface area contributed by atoms with E-state index in [1.807, 2.05) is 60.7 Å². The molecular weight excluding hydrogens is 436 g/mol. The summed E-state index contributed by atoms with van der Waals surface area (Å²) in [7, 11) is 0. The molecule has 174 valence electrons. The van der Waals surface area contributed by atoms with E-state index in [2.05, 4.69) is 38.1 Å². The molecule has 4 aromatic carbocycles. The zero-order chi connectivity index (χ0) is 24.2. The highest BCUT2D eigenvalue weighted by Gasteiger charge is 2.16. The highest BCUT2D eigenvalue weighted by atomic mass is 16.5. The molecule has 35 heavy (non-hydrogen) atoms. The number of ether oxygens (including phenoxy) is 2. The Balaban J connectivity index is 1.58. The lowest BCUT2D eigenvalue weighted by atomic mass is 10.0. The number of hydrogen-bond acceptors (Lipinski definition) is 4. The standard InChI is InChI=1S/C31H26O4/c1-21-8-6-10-23(14-21)19-33-26-16-28(34-20-24-11-7-9-22(2)15-24)31-27(25-12-4-3-5-13-25)18-30(32)35-29(31)17-26/h3-18H,19-20H2,1-2H3. The zero-order valence-corrected chi connectivity index (χ0v) is 19.8. The van der Waals surface area contributed by atoms with Gasteiger partial charge in [0.25, 0.3) is 0 Å². The molecule has 0 spiro atoms. The summed E-state index contributed by atoms with van der Waals surface area (Å²) in [5.74, 6) is 1.18. The molecule has 1 aromatic heterocycles. The van der Waals surface area contributed by atoms with Gasteiger partial charge in [0.15, 0.2) is 0 Å². The van der Waals surface area contributed by atoms with E-state index in [4.69, 9.17) is 13.9 Å². The SMILES string of the molecule is Cc1cccc(COc2cc(OCc3cccc(C)c3)c3c(-c4ccccc4)cc(=O)oc3c2)c1. The molecule has 0 N–H and O–H groups in total. The van der Waals surface area contributed by atoms with Gasteiger partial charge in [-0.2, -0.15) is 0 Å². The van der Waals surface area contributed by atoms with Gasteiger partial charge in [0.05, 0.1) is 5.39 Å². The summed E-state index contributed by atoms with van der Waals surface area (Å²) in [6.45, 7) is 4.88. The van der Waals surface area contributed by atoms with Crippen molar-refractivity contribution in [1.29, 1.82) is 0 Å². The minimum atomic E-state index is -0.420. The monoisotopic (exact) mass is 462 g/mol. The Kier molecular flexibility index (Phi) is 6.36. The minimum absolute atomic E-state index is 0.380. The number of hydrogen-bond donors (Lipinski definition) is 0. The Morgan fingerprint density at radius 3 is 2.00 bits per heavy atom. The van der Waals surface area contributed by atoms with Crippen LogP contribution in [0.25, 0.3) is 22.1 Å². The summed E-state index contributed by atoms with van der Waals surface area (Å²) in [6, 6.07) is 31.3. The lowest BCUT2D eigenvalue weighted by molar-refractivity contribution is 0.292. The minimum Gasteiger partial charge on any atom is -0.489 e. The lowest BCUT2D eigenvalue weighted by Crippen LogP contribution is -2.03. The van der Waals surface area contributed by atoms with Gasteiger partial charge < -0.3 is 13.9 Å². The van der Waals surface area contributed by atoms with Crippen LogP contribution < -0.4 is 15.1 Å².